The lowest BCUT2D eigenvalue weighted by atomic mass is 10.3. The van der Waals surface area contributed by atoms with Crippen molar-refractivity contribution in [3.63, 3.8) is 0 Å². The molecule has 4 heteroatoms. The first-order valence-corrected chi connectivity index (χ1v) is 5.44. The molecule has 0 aliphatic heterocycles. The summed E-state index contributed by atoms with van der Waals surface area (Å²) in [6, 6.07) is 0.535. The van der Waals surface area contributed by atoms with Crippen molar-refractivity contribution in [1.82, 2.24) is 9.88 Å². The predicted octanol–water partition coefficient (Wildman–Crippen LogP) is 1.31. The SMILES string of the molecule is CC(C)N(CCN)Cc1nccs1. The zero-order chi connectivity index (χ0) is 9.68. The maximum atomic E-state index is 5.54. The minimum Gasteiger partial charge on any atom is -0.329 e. The van der Waals surface area contributed by atoms with Crippen LogP contribution in [-0.2, 0) is 6.54 Å². The Kier molecular flexibility index (Phi) is 4.35. The highest BCUT2D eigenvalue weighted by atomic mass is 32.1. The lowest BCUT2D eigenvalue weighted by molar-refractivity contribution is 0.219. The Bertz CT molecular complexity index is 221. The molecular formula is C9H17N3S. The predicted molar refractivity (Wildman–Crippen MR) is 56.7 cm³/mol. The van der Waals surface area contributed by atoms with Crippen LogP contribution in [0, 0.1) is 0 Å². The van der Waals surface area contributed by atoms with E-state index in [1.807, 2.05) is 11.6 Å². The van der Waals surface area contributed by atoms with E-state index < -0.39 is 0 Å². The minimum absolute atomic E-state index is 0.535. The number of nitrogens with two attached hydrogens (primary N) is 1. The Morgan fingerprint density at radius 1 is 1.62 bits per heavy atom. The second-order valence-electron chi connectivity index (χ2n) is 3.28. The average Bonchev–Trinajstić information content (AvgIpc) is 2.56. The van der Waals surface area contributed by atoms with Crippen molar-refractivity contribution < 1.29 is 0 Å². The van der Waals surface area contributed by atoms with Crippen LogP contribution in [0.2, 0.25) is 0 Å². The molecule has 0 atom stereocenters. The summed E-state index contributed by atoms with van der Waals surface area (Å²) in [5, 5.41) is 3.18. The van der Waals surface area contributed by atoms with Crippen molar-refractivity contribution in [2.24, 2.45) is 5.73 Å². The Morgan fingerprint density at radius 2 is 2.38 bits per heavy atom. The van der Waals surface area contributed by atoms with Gasteiger partial charge in [-0.2, -0.15) is 0 Å². The monoisotopic (exact) mass is 199 g/mol. The average molecular weight is 199 g/mol. The van der Waals surface area contributed by atoms with E-state index >= 15 is 0 Å². The van der Waals surface area contributed by atoms with Crippen LogP contribution in [0.25, 0.3) is 0 Å². The van der Waals surface area contributed by atoms with E-state index in [4.69, 9.17) is 5.73 Å². The fraction of sp³-hybridized carbons (Fsp3) is 0.667. The molecule has 0 saturated heterocycles. The van der Waals surface area contributed by atoms with Gasteiger partial charge in [0.15, 0.2) is 0 Å². The van der Waals surface area contributed by atoms with E-state index in [0.717, 1.165) is 13.1 Å². The molecule has 1 heterocycles. The van der Waals surface area contributed by atoms with Gasteiger partial charge in [0.2, 0.25) is 0 Å². The van der Waals surface area contributed by atoms with Gasteiger partial charge in [0.1, 0.15) is 5.01 Å². The van der Waals surface area contributed by atoms with Crippen molar-refractivity contribution in [2.75, 3.05) is 13.1 Å². The Hall–Kier alpha value is -0.450. The van der Waals surface area contributed by atoms with Gasteiger partial charge in [-0.1, -0.05) is 0 Å². The molecule has 0 unspecified atom stereocenters. The first-order valence-electron chi connectivity index (χ1n) is 4.56. The molecule has 13 heavy (non-hydrogen) atoms. The number of thiazole rings is 1. The van der Waals surface area contributed by atoms with E-state index in [-0.39, 0.29) is 0 Å². The second kappa shape index (κ2) is 5.32. The highest BCUT2D eigenvalue weighted by Crippen LogP contribution is 2.09. The summed E-state index contributed by atoms with van der Waals surface area (Å²) in [5.41, 5.74) is 5.54. The third-order valence-corrected chi connectivity index (χ3v) is 2.73. The largest absolute Gasteiger partial charge is 0.329 e. The number of hydrogen-bond acceptors (Lipinski definition) is 4. The lowest BCUT2D eigenvalue weighted by Crippen LogP contribution is -2.34. The lowest BCUT2D eigenvalue weighted by Gasteiger charge is -2.24. The Morgan fingerprint density at radius 3 is 2.85 bits per heavy atom. The third kappa shape index (κ3) is 3.42. The minimum atomic E-state index is 0.535. The van der Waals surface area contributed by atoms with E-state index in [0.29, 0.717) is 12.6 Å². The van der Waals surface area contributed by atoms with Gasteiger partial charge in [0.05, 0.1) is 6.54 Å². The third-order valence-electron chi connectivity index (χ3n) is 1.97. The smallest absolute Gasteiger partial charge is 0.107 e. The molecule has 0 spiro atoms. The summed E-state index contributed by atoms with van der Waals surface area (Å²) in [6.45, 7) is 6.94. The highest BCUT2D eigenvalue weighted by molar-refractivity contribution is 7.09. The first kappa shape index (κ1) is 10.6. The molecule has 0 radical (unpaired) electrons. The molecule has 0 aromatic carbocycles. The zero-order valence-electron chi connectivity index (χ0n) is 8.23. The molecule has 1 aromatic heterocycles. The molecule has 0 aliphatic carbocycles. The van der Waals surface area contributed by atoms with Gasteiger partial charge in [-0.15, -0.1) is 11.3 Å². The molecule has 1 aromatic rings. The first-order chi connectivity index (χ1) is 6.24. The van der Waals surface area contributed by atoms with E-state index in [9.17, 15) is 0 Å². The summed E-state index contributed by atoms with van der Waals surface area (Å²) in [6.07, 6.45) is 1.85. The van der Waals surface area contributed by atoms with Gasteiger partial charge >= 0.3 is 0 Å². The fourth-order valence-electron chi connectivity index (χ4n) is 1.19. The molecule has 1 rings (SSSR count). The summed E-state index contributed by atoms with van der Waals surface area (Å²) < 4.78 is 0. The summed E-state index contributed by atoms with van der Waals surface area (Å²) in [4.78, 5) is 6.59. The highest BCUT2D eigenvalue weighted by Gasteiger charge is 2.09. The summed E-state index contributed by atoms with van der Waals surface area (Å²) in [7, 11) is 0. The maximum Gasteiger partial charge on any atom is 0.107 e. The van der Waals surface area contributed by atoms with Crippen LogP contribution in [0.15, 0.2) is 11.6 Å². The Labute approximate surface area is 83.6 Å². The van der Waals surface area contributed by atoms with Crippen molar-refractivity contribution in [3.8, 4) is 0 Å². The molecule has 0 saturated carbocycles. The van der Waals surface area contributed by atoms with Crippen LogP contribution in [-0.4, -0.2) is 29.0 Å². The van der Waals surface area contributed by atoms with Crippen LogP contribution >= 0.6 is 11.3 Å². The number of aromatic nitrogens is 1. The molecule has 3 nitrogen and oxygen atoms in total. The summed E-state index contributed by atoms with van der Waals surface area (Å²) >= 11 is 1.70. The van der Waals surface area contributed by atoms with Gasteiger partial charge in [0, 0.05) is 30.7 Å². The standard InChI is InChI=1S/C9H17N3S/c1-8(2)12(5-3-10)7-9-11-4-6-13-9/h4,6,8H,3,5,7,10H2,1-2H3. The number of hydrogen-bond donors (Lipinski definition) is 1. The molecule has 2 N–H and O–H groups in total. The molecule has 0 fully saturated rings. The Balaban J connectivity index is 2.47. The van der Waals surface area contributed by atoms with E-state index in [2.05, 4.69) is 23.7 Å². The van der Waals surface area contributed by atoms with Crippen LogP contribution < -0.4 is 5.73 Å². The molecule has 0 bridgehead atoms. The molecule has 0 amide bonds. The van der Waals surface area contributed by atoms with Crippen LogP contribution in [0.3, 0.4) is 0 Å². The number of rotatable bonds is 5. The van der Waals surface area contributed by atoms with Crippen LogP contribution in [0.4, 0.5) is 0 Å². The van der Waals surface area contributed by atoms with Crippen LogP contribution in [0.5, 0.6) is 0 Å². The molecular weight excluding hydrogens is 182 g/mol. The topological polar surface area (TPSA) is 42.1 Å². The van der Waals surface area contributed by atoms with Gasteiger partial charge < -0.3 is 5.73 Å². The second-order valence-corrected chi connectivity index (χ2v) is 4.26. The van der Waals surface area contributed by atoms with Crippen molar-refractivity contribution in [3.05, 3.63) is 16.6 Å². The summed E-state index contributed by atoms with van der Waals surface area (Å²) in [5.74, 6) is 0. The van der Waals surface area contributed by atoms with Crippen LogP contribution in [0.1, 0.15) is 18.9 Å². The quantitative estimate of drug-likeness (QED) is 0.777. The molecule has 74 valence electrons. The van der Waals surface area contributed by atoms with Gasteiger partial charge in [-0.05, 0) is 13.8 Å². The number of nitrogens with zero attached hydrogens (tertiary/aromatic N) is 2. The van der Waals surface area contributed by atoms with Gasteiger partial charge in [-0.3, -0.25) is 4.90 Å². The normalized spacial score (nSPS) is 11.5. The fourth-order valence-corrected chi connectivity index (χ4v) is 1.83. The van der Waals surface area contributed by atoms with Crippen molar-refractivity contribution in [2.45, 2.75) is 26.4 Å². The zero-order valence-corrected chi connectivity index (χ0v) is 9.05. The van der Waals surface area contributed by atoms with E-state index in [1.54, 1.807) is 11.3 Å². The van der Waals surface area contributed by atoms with Gasteiger partial charge in [0.25, 0.3) is 0 Å². The van der Waals surface area contributed by atoms with Crippen molar-refractivity contribution in [1.29, 1.82) is 0 Å². The maximum absolute atomic E-state index is 5.54. The van der Waals surface area contributed by atoms with Gasteiger partial charge in [-0.25, -0.2) is 4.98 Å². The molecule has 0 aliphatic rings. The van der Waals surface area contributed by atoms with E-state index in [1.165, 1.54) is 5.01 Å². The van der Waals surface area contributed by atoms with Crippen molar-refractivity contribution >= 4 is 11.3 Å².